The number of hydrogen-bond donors (Lipinski definition) is 2. The van der Waals surface area contributed by atoms with Crippen molar-refractivity contribution >= 4 is 11.6 Å². The van der Waals surface area contributed by atoms with Gasteiger partial charge < -0.3 is 10.2 Å². The van der Waals surface area contributed by atoms with E-state index in [4.69, 9.17) is 0 Å². The van der Waals surface area contributed by atoms with E-state index in [1.165, 1.54) is 19.1 Å². The molecule has 0 aliphatic heterocycles. The van der Waals surface area contributed by atoms with Crippen molar-refractivity contribution in [2.75, 3.05) is 0 Å². The van der Waals surface area contributed by atoms with E-state index in [-0.39, 0.29) is 29.8 Å². The molecule has 0 aromatic carbocycles. The highest BCUT2D eigenvalue weighted by molar-refractivity contribution is 6.01. The number of aliphatic hydroxyl groups excluding tert-OH is 1. The Hall–Kier alpha value is -1.33. The summed E-state index contributed by atoms with van der Waals surface area (Å²) < 4.78 is 16.9. The molecule has 0 spiro atoms. The molecule has 2 N–H and O–H groups in total. The van der Waals surface area contributed by atoms with Crippen molar-refractivity contribution in [1.82, 2.24) is 0 Å². The Morgan fingerprint density at radius 3 is 2.59 bits per heavy atom. The van der Waals surface area contributed by atoms with Crippen LogP contribution in [0.1, 0.15) is 53.4 Å². The third kappa shape index (κ3) is 2.00. The average molecular weight is 376 g/mol. The minimum Gasteiger partial charge on any atom is -0.390 e. The van der Waals surface area contributed by atoms with Gasteiger partial charge in [0.05, 0.1) is 6.10 Å². The Kier molecular flexibility index (Phi) is 3.79. The van der Waals surface area contributed by atoms with Crippen LogP contribution in [0.4, 0.5) is 4.39 Å². The van der Waals surface area contributed by atoms with Crippen LogP contribution >= 0.6 is 0 Å². The number of rotatable bonds is 1. The minimum absolute atomic E-state index is 0.00153. The molecule has 27 heavy (non-hydrogen) atoms. The van der Waals surface area contributed by atoms with Gasteiger partial charge in [0, 0.05) is 16.7 Å². The molecule has 0 unspecified atom stereocenters. The summed E-state index contributed by atoms with van der Waals surface area (Å²) in [6, 6.07) is 0. The van der Waals surface area contributed by atoms with Gasteiger partial charge in [0.15, 0.2) is 17.2 Å². The summed E-state index contributed by atoms with van der Waals surface area (Å²) in [5, 5.41) is 22.3. The van der Waals surface area contributed by atoms with Crippen molar-refractivity contribution in [2.24, 2.45) is 28.6 Å². The summed E-state index contributed by atoms with van der Waals surface area (Å²) in [6.07, 6.45) is 4.68. The van der Waals surface area contributed by atoms with Crippen molar-refractivity contribution in [3.8, 4) is 0 Å². The standard InChI is InChI=1S/C22H29FO4/c1-12-9-17-15-6-8-21(27,13(2)24)20(15,4)11-18(26)22(17,23)19(3)7-5-14(25)10-16(12)19/h5,7,10,12,15,17-18,26-27H,6,8-9,11H2,1-4H3/t12-,15+,17+,18-,19-,20-,21-,22-/m0/s1. The maximum Gasteiger partial charge on any atom is 0.178 e. The molecule has 0 heterocycles. The third-order valence-corrected chi connectivity index (χ3v) is 8.70. The number of fused-ring (bicyclic) bond motifs is 5. The fourth-order valence-corrected chi connectivity index (χ4v) is 7.18. The van der Waals surface area contributed by atoms with Crippen LogP contribution in [0.5, 0.6) is 0 Å². The highest BCUT2D eigenvalue weighted by Crippen LogP contribution is 2.70. The first-order valence-corrected chi connectivity index (χ1v) is 9.97. The number of carbonyl (C=O) groups is 2. The Balaban J connectivity index is 1.86. The van der Waals surface area contributed by atoms with Gasteiger partial charge in [-0.05, 0) is 63.5 Å². The van der Waals surface area contributed by atoms with Gasteiger partial charge in [-0.2, -0.15) is 0 Å². The lowest BCUT2D eigenvalue weighted by Gasteiger charge is -2.63. The smallest absolute Gasteiger partial charge is 0.178 e. The van der Waals surface area contributed by atoms with Crippen molar-refractivity contribution in [1.29, 1.82) is 0 Å². The zero-order valence-electron chi connectivity index (χ0n) is 16.5. The summed E-state index contributed by atoms with van der Waals surface area (Å²) in [5.74, 6) is -1.11. The molecule has 4 rings (SSSR count). The van der Waals surface area contributed by atoms with E-state index in [0.717, 1.165) is 5.57 Å². The van der Waals surface area contributed by atoms with Crippen LogP contribution in [-0.4, -0.2) is 39.2 Å². The predicted molar refractivity (Wildman–Crippen MR) is 98.5 cm³/mol. The first-order chi connectivity index (χ1) is 12.4. The fourth-order valence-electron chi connectivity index (χ4n) is 7.18. The molecule has 4 nitrogen and oxygen atoms in total. The number of aliphatic hydroxyl groups is 2. The molecule has 148 valence electrons. The highest BCUT2D eigenvalue weighted by Gasteiger charge is 2.74. The van der Waals surface area contributed by atoms with E-state index >= 15 is 4.39 Å². The monoisotopic (exact) mass is 376 g/mol. The Labute approximate surface area is 159 Å². The van der Waals surface area contributed by atoms with Crippen molar-refractivity contribution < 1.29 is 24.2 Å². The summed E-state index contributed by atoms with van der Waals surface area (Å²) in [5.41, 5.74) is -4.59. The van der Waals surface area contributed by atoms with E-state index in [1.807, 2.05) is 13.8 Å². The third-order valence-electron chi connectivity index (χ3n) is 8.70. The van der Waals surface area contributed by atoms with Crippen LogP contribution in [0.3, 0.4) is 0 Å². The van der Waals surface area contributed by atoms with Crippen LogP contribution < -0.4 is 0 Å². The van der Waals surface area contributed by atoms with Gasteiger partial charge in [-0.25, -0.2) is 4.39 Å². The molecule has 0 bridgehead atoms. The van der Waals surface area contributed by atoms with Crippen LogP contribution in [0.2, 0.25) is 0 Å². The molecule has 3 saturated carbocycles. The molecule has 0 aromatic rings. The number of ketones is 2. The van der Waals surface area contributed by atoms with Gasteiger partial charge >= 0.3 is 0 Å². The number of carbonyl (C=O) groups excluding carboxylic acids is 2. The fraction of sp³-hybridized carbons (Fsp3) is 0.727. The molecule has 8 atom stereocenters. The van der Waals surface area contributed by atoms with Gasteiger partial charge in [-0.3, -0.25) is 9.59 Å². The lowest BCUT2D eigenvalue weighted by molar-refractivity contribution is -0.219. The average Bonchev–Trinajstić information content (AvgIpc) is 2.85. The Morgan fingerprint density at radius 1 is 1.30 bits per heavy atom. The van der Waals surface area contributed by atoms with E-state index in [1.54, 1.807) is 13.0 Å². The van der Waals surface area contributed by atoms with Crippen LogP contribution in [-0.2, 0) is 9.59 Å². The lowest BCUT2D eigenvalue weighted by atomic mass is 9.43. The summed E-state index contributed by atoms with van der Waals surface area (Å²) in [4.78, 5) is 24.2. The number of hydrogen-bond acceptors (Lipinski definition) is 4. The number of alkyl halides is 1. The second kappa shape index (κ2) is 5.38. The Bertz CT molecular complexity index is 787. The Morgan fingerprint density at radius 2 is 1.96 bits per heavy atom. The van der Waals surface area contributed by atoms with Crippen molar-refractivity contribution in [2.45, 2.75) is 70.8 Å². The zero-order valence-corrected chi connectivity index (χ0v) is 16.5. The van der Waals surface area contributed by atoms with Gasteiger partial charge in [0.1, 0.15) is 5.60 Å². The van der Waals surface area contributed by atoms with E-state index in [9.17, 15) is 19.8 Å². The second-order valence-electron chi connectivity index (χ2n) is 9.75. The minimum atomic E-state index is -1.92. The van der Waals surface area contributed by atoms with Gasteiger partial charge in [-0.15, -0.1) is 0 Å². The first kappa shape index (κ1) is 19.0. The number of allylic oxidation sites excluding steroid dienone is 4. The van der Waals surface area contributed by atoms with Crippen LogP contribution in [0.15, 0.2) is 23.8 Å². The predicted octanol–water partition coefficient (Wildman–Crippen LogP) is 2.92. The molecule has 5 heteroatoms. The molecular formula is C22H29FO4. The molecule has 4 aliphatic carbocycles. The van der Waals surface area contributed by atoms with E-state index in [2.05, 4.69) is 0 Å². The van der Waals surface area contributed by atoms with Gasteiger partial charge in [0.25, 0.3) is 0 Å². The second-order valence-corrected chi connectivity index (χ2v) is 9.75. The molecule has 0 radical (unpaired) electrons. The normalized spacial score (nSPS) is 54.0. The molecule has 0 saturated heterocycles. The van der Waals surface area contributed by atoms with E-state index in [0.29, 0.717) is 19.3 Å². The van der Waals surface area contributed by atoms with Gasteiger partial charge in [0.2, 0.25) is 0 Å². The van der Waals surface area contributed by atoms with Crippen LogP contribution in [0.25, 0.3) is 0 Å². The highest BCUT2D eigenvalue weighted by atomic mass is 19.1. The molecule has 4 aliphatic rings. The van der Waals surface area contributed by atoms with Crippen molar-refractivity contribution in [3.05, 3.63) is 23.8 Å². The quantitative estimate of drug-likeness (QED) is 0.738. The largest absolute Gasteiger partial charge is 0.390 e. The molecule has 0 amide bonds. The lowest BCUT2D eigenvalue weighted by Crippen LogP contribution is -2.69. The van der Waals surface area contributed by atoms with E-state index < -0.39 is 34.1 Å². The number of halogens is 1. The maximum absolute atomic E-state index is 16.9. The maximum atomic E-state index is 16.9. The molecular weight excluding hydrogens is 347 g/mol. The summed E-state index contributed by atoms with van der Waals surface area (Å²) >= 11 is 0. The van der Waals surface area contributed by atoms with Gasteiger partial charge in [-0.1, -0.05) is 25.5 Å². The summed E-state index contributed by atoms with van der Waals surface area (Å²) in [6.45, 7) is 7.01. The molecule has 3 fully saturated rings. The zero-order chi connectivity index (χ0) is 20.0. The molecule has 0 aromatic heterocycles. The van der Waals surface area contributed by atoms with Crippen molar-refractivity contribution in [3.63, 3.8) is 0 Å². The topological polar surface area (TPSA) is 74.6 Å². The van der Waals surface area contributed by atoms with Crippen LogP contribution in [0, 0.1) is 28.6 Å². The number of Topliss-reactive ketones (excluding diaryl/α,β-unsaturated/α-hetero) is 1. The SMILES string of the molecule is CC(=O)[C@@]1(O)CC[C@@H]2[C@H]3C[C@H](C)C4=CC(=O)C=C[C@]4(C)[C@@]3(F)[C@@H](O)C[C@@]21C. The summed E-state index contributed by atoms with van der Waals surface area (Å²) in [7, 11) is 0. The first-order valence-electron chi connectivity index (χ1n) is 9.97.